The summed E-state index contributed by atoms with van der Waals surface area (Å²) in [6, 6.07) is 6.95. The van der Waals surface area contributed by atoms with Crippen molar-refractivity contribution in [3.05, 3.63) is 30.0 Å². The van der Waals surface area contributed by atoms with Gasteiger partial charge in [0.25, 0.3) is 0 Å². The highest BCUT2D eigenvalue weighted by Crippen LogP contribution is 2.20. The highest BCUT2D eigenvalue weighted by atomic mass is 16.6. The second-order valence-electron chi connectivity index (χ2n) is 5.48. The first kappa shape index (κ1) is 15.0. The Labute approximate surface area is 122 Å². The van der Waals surface area contributed by atoms with E-state index in [1.807, 2.05) is 0 Å². The molecule has 0 radical (unpaired) electrons. The molecule has 0 aliphatic rings. The van der Waals surface area contributed by atoms with Crippen LogP contribution < -0.4 is 0 Å². The minimum atomic E-state index is -0.645. The summed E-state index contributed by atoms with van der Waals surface area (Å²) >= 11 is 0. The fourth-order valence-corrected chi connectivity index (χ4v) is 1.86. The first-order chi connectivity index (χ1) is 9.83. The highest BCUT2D eigenvalue weighted by Gasteiger charge is 2.24. The topological polar surface area (TPSA) is 70.4 Å². The van der Waals surface area contributed by atoms with Gasteiger partial charge in [-0.3, -0.25) is 0 Å². The average molecular weight is 290 g/mol. The van der Waals surface area contributed by atoms with E-state index < -0.39 is 17.7 Å². The Kier molecular flexibility index (Phi) is 3.97. The summed E-state index contributed by atoms with van der Waals surface area (Å²) in [6.07, 6.45) is -0.630. The maximum absolute atomic E-state index is 12.2. The summed E-state index contributed by atoms with van der Waals surface area (Å²) in [7, 11) is 0. The molecule has 6 nitrogen and oxygen atoms in total. The van der Waals surface area contributed by atoms with Crippen molar-refractivity contribution in [2.75, 3.05) is 6.61 Å². The van der Waals surface area contributed by atoms with E-state index in [0.29, 0.717) is 10.9 Å². The largest absolute Gasteiger partial charge is 0.461 e. The zero-order valence-electron chi connectivity index (χ0n) is 12.5. The maximum atomic E-state index is 12.2. The molecule has 0 amide bonds. The number of para-hydroxylation sites is 1. The summed E-state index contributed by atoms with van der Waals surface area (Å²) in [5.41, 5.74) is -0.0260. The summed E-state index contributed by atoms with van der Waals surface area (Å²) in [6.45, 7) is 7.26. The summed E-state index contributed by atoms with van der Waals surface area (Å²) in [5, 5.41) is 4.62. The smallest absolute Gasteiger partial charge is 0.435 e. The summed E-state index contributed by atoms with van der Waals surface area (Å²) in [4.78, 5) is 24.1. The number of nitrogens with zero attached hydrogens (tertiary/aromatic N) is 2. The van der Waals surface area contributed by atoms with Crippen LogP contribution in [0.4, 0.5) is 4.79 Å². The third-order valence-electron chi connectivity index (χ3n) is 2.62. The first-order valence-corrected chi connectivity index (χ1v) is 6.71. The van der Waals surface area contributed by atoms with E-state index in [1.165, 1.54) is 0 Å². The Bertz CT molecular complexity index is 683. The van der Waals surface area contributed by atoms with Gasteiger partial charge in [0, 0.05) is 5.39 Å². The van der Waals surface area contributed by atoms with Crippen LogP contribution in [0.1, 0.15) is 38.2 Å². The molecule has 0 saturated heterocycles. The minimum Gasteiger partial charge on any atom is -0.461 e. The van der Waals surface area contributed by atoms with E-state index in [0.717, 1.165) is 4.68 Å². The van der Waals surface area contributed by atoms with Crippen molar-refractivity contribution < 1.29 is 19.1 Å². The Hall–Kier alpha value is -2.37. The minimum absolute atomic E-state index is 0.110. The Balaban J connectivity index is 2.50. The molecular formula is C15H18N2O4. The molecule has 1 aromatic carbocycles. The van der Waals surface area contributed by atoms with E-state index in [2.05, 4.69) is 5.10 Å². The number of ether oxygens (including phenoxy) is 2. The molecule has 112 valence electrons. The van der Waals surface area contributed by atoms with E-state index in [9.17, 15) is 9.59 Å². The Morgan fingerprint density at radius 1 is 1.24 bits per heavy atom. The standard InChI is InChI=1S/C15H18N2O4/c1-5-20-13(18)12-10-8-6-7-9-11(10)17(16-12)14(19)21-15(2,3)4/h6-9H,5H2,1-4H3. The number of esters is 1. The van der Waals surface area contributed by atoms with Gasteiger partial charge in [0.05, 0.1) is 12.1 Å². The van der Waals surface area contributed by atoms with Gasteiger partial charge in [0.2, 0.25) is 0 Å². The van der Waals surface area contributed by atoms with Gasteiger partial charge in [0.1, 0.15) is 5.60 Å². The fraction of sp³-hybridized carbons (Fsp3) is 0.400. The fourth-order valence-electron chi connectivity index (χ4n) is 1.86. The second kappa shape index (κ2) is 5.55. The van der Waals surface area contributed by atoms with E-state index in [-0.39, 0.29) is 12.3 Å². The average Bonchev–Trinajstić information content (AvgIpc) is 2.76. The van der Waals surface area contributed by atoms with Crippen molar-refractivity contribution in [1.29, 1.82) is 0 Å². The van der Waals surface area contributed by atoms with Crippen molar-refractivity contribution in [3.63, 3.8) is 0 Å². The van der Waals surface area contributed by atoms with E-state index in [4.69, 9.17) is 9.47 Å². The number of rotatable bonds is 2. The monoisotopic (exact) mass is 290 g/mol. The normalized spacial score (nSPS) is 11.4. The van der Waals surface area contributed by atoms with Crippen LogP contribution in [0, 0.1) is 0 Å². The molecule has 0 aliphatic heterocycles. The van der Waals surface area contributed by atoms with Gasteiger partial charge in [-0.1, -0.05) is 18.2 Å². The first-order valence-electron chi connectivity index (χ1n) is 6.71. The predicted octanol–water partition coefficient (Wildman–Crippen LogP) is 3.00. The lowest BCUT2D eigenvalue weighted by atomic mass is 10.2. The SMILES string of the molecule is CCOC(=O)c1nn(C(=O)OC(C)(C)C)c2ccccc12. The number of carbonyl (C=O) groups excluding carboxylic acids is 2. The van der Waals surface area contributed by atoms with Crippen LogP contribution in [0.3, 0.4) is 0 Å². The van der Waals surface area contributed by atoms with E-state index in [1.54, 1.807) is 52.0 Å². The molecule has 0 fully saturated rings. The van der Waals surface area contributed by atoms with E-state index >= 15 is 0 Å². The quantitative estimate of drug-likeness (QED) is 0.795. The molecule has 0 aliphatic carbocycles. The number of hydrogen-bond acceptors (Lipinski definition) is 5. The van der Waals surface area contributed by atoms with Crippen LogP contribution >= 0.6 is 0 Å². The van der Waals surface area contributed by atoms with Crippen LogP contribution in [0.15, 0.2) is 24.3 Å². The molecule has 21 heavy (non-hydrogen) atoms. The number of carbonyl (C=O) groups is 2. The number of aromatic nitrogens is 2. The molecule has 1 heterocycles. The Morgan fingerprint density at radius 3 is 2.52 bits per heavy atom. The molecule has 2 rings (SSSR count). The number of benzene rings is 1. The lowest BCUT2D eigenvalue weighted by Gasteiger charge is -2.19. The molecule has 2 aromatic rings. The molecule has 6 heteroatoms. The van der Waals surface area contributed by atoms with Crippen molar-refractivity contribution in [2.24, 2.45) is 0 Å². The van der Waals surface area contributed by atoms with Gasteiger partial charge in [0.15, 0.2) is 5.69 Å². The molecule has 0 N–H and O–H groups in total. The number of fused-ring (bicyclic) bond motifs is 1. The van der Waals surface area contributed by atoms with Gasteiger partial charge in [-0.15, -0.1) is 0 Å². The van der Waals surface area contributed by atoms with Gasteiger partial charge in [-0.25, -0.2) is 9.59 Å². The molecule has 0 saturated carbocycles. The van der Waals surface area contributed by atoms with Gasteiger partial charge >= 0.3 is 12.1 Å². The highest BCUT2D eigenvalue weighted by molar-refractivity contribution is 6.04. The van der Waals surface area contributed by atoms with Crippen LogP contribution in [-0.4, -0.2) is 34.1 Å². The van der Waals surface area contributed by atoms with Crippen LogP contribution in [0.25, 0.3) is 10.9 Å². The second-order valence-corrected chi connectivity index (χ2v) is 5.48. The number of hydrogen-bond donors (Lipinski definition) is 0. The van der Waals surface area contributed by atoms with Crippen LogP contribution in [-0.2, 0) is 9.47 Å². The molecular weight excluding hydrogens is 272 g/mol. The van der Waals surface area contributed by atoms with Crippen molar-refractivity contribution in [1.82, 2.24) is 9.78 Å². The molecule has 0 spiro atoms. The molecule has 0 atom stereocenters. The molecule has 0 unspecified atom stereocenters. The van der Waals surface area contributed by atoms with Gasteiger partial charge in [-0.2, -0.15) is 9.78 Å². The van der Waals surface area contributed by atoms with Gasteiger partial charge in [-0.05, 0) is 33.8 Å². The third kappa shape index (κ3) is 3.21. The zero-order chi connectivity index (χ0) is 15.6. The molecule has 1 aromatic heterocycles. The Morgan fingerprint density at radius 2 is 1.90 bits per heavy atom. The zero-order valence-corrected chi connectivity index (χ0v) is 12.5. The third-order valence-corrected chi connectivity index (χ3v) is 2.62. The van der Waals surface area contributed by atoms with Crippen molar-refractivity contribution >= 4 is 23.0 Å². The van der Waals surface area contributed by atoms with Gasteiger partial charge < -0.3 is 9.47 Å². The van der Waals surface area contributed by atoms with Crippen LogP contribution in [0.5, 0.6) is 0 Å². The van der Waals surface area contributed by atoms with Crippen molar-refractivity contribution in [3.8, 4) is 0 Å². The summed E-state index contributed by atoms with van der Waals surface area (Å²) < 4.78 is 11.3. The predicted molar refractivity (Wildman–Crippen MR) is 77.3 cm³/mol. The molecule has 0 bridgehead atoms. The lowest BCUT2D eigenvalue weighted by Crippen LogP contribution is -2.27. The lowest BCUT2D eigenvalue weighted by molar-refractivity contribution is 0.0505. The van der Waals surface area contributed by atoms with Crippen molar-refractivity contribution in [2.45, 2.75) is 33.3 Å². The van der Waals surface area contributed by atoms with Crippen LogP contribution in [0.2, 0.25) is 0 Å². The maximum Gasteiger partial charge on any atom is 0.435 e. The summed E-state index contributed by atoms with van der Waals surface area (Å²) in [5.74, 6) is -0.559.